The van der Waals surface area contributed by atoms with E-state index in [0.29, 0.717) is 11.3 Å². The van der Waals surface area contributed by atoms with Crippen LogP contribution in [0.2, 0.25) is 0 Å². The van der Waals surface area contributed by atoms with Crippen LogP contribution in [0.15, 0.2) is 69.7 Å². The van der Waals surface area contributed by atoms with Crippen LogP contribution >= 0.6 is 35.6 Å². The van der Waals surface area contributed by atoms with Gasteiger partial charge in [-0.15, -0.1) is 29.9 Å². The molecule has 5 nitrogen and oxygen atoms in total. The zero-order chi connectivity index (χ0) is 21.1. The highest BCUT2D eigenvalue weighted by Crippen LogP contribution is 2.32. The van der Waals surface area contributed by atoms with Crippen molar-refractivity contribution in [3.8, 4) is 0 Å². The summed E-state index contributed by atoms with van der Waals surface area (Å²) in [5, 5.41) is 2.13. The molecule has 2 heterocycles. The van der Waals surface area contributed by atoms with Crippen molar-refractivity contribution in [1.82, 2.24) is 10.2 Å². The summed E-state index contributed by atoms with van der Waals surface area (Å²) in [5.74, 6) is -0.426. The molecule has 0 bridgehead atoms. The number of nitrogens with zero attached hydrogens (tertiary/aromatic N) is 2. The Labute approximate surface area is 184 Å². The molecule has 0 aromatic heterocycles. The van der Waals surface area contributed by atoms with E-state index in [4.69, 9.17) is 23.8 Å². The van der Waals surface area contributed by atoms with Gasteiger partial charge in [0, 0.05) is 22.9 Å². The molecule has 0 spiro atoms. The molecule has 1 fully saturated rings. The van der Waals surface area contributed by atoms with Gasteiger partial charge in [0.15, 0.2) is 5.11 Å². The number of allylic oxidation sites excluding steroid dienone is 2. The zero-order valence-corrected chi connectivity index (χ0v) is 18.5. The lowest BCUT2D eigenvalue weighted by molar-refractivity contribution is -0.128. The predicted octanol–water partition coefficient (Wildman–Crippen LogP) is 3.78. The molecule has 3 rings (SSSR count). The molecule has 1 atom stereocenters. The fourth-order valence-corrected chi connectivity index (χ4v) is 4.26. The summed E-state index contributed by atoms with van der Waals surface area (Å²) in [7, 11) is 0. The average molecular weight is 446 g/mol. The van der Waals surface area contributed by atoms with Crippen molar-refractivity contribution >= 4 is 58.2 Å². The SMILES string of the molecule is C=CCN1C(=O)/C(=C/C2=C(CSc3ccc(C)cc3)N=C(C)C2Cl)C(=O)NC1=S. The Morgan fingerprint density at radius 1 is 1.31 bits per heavy atom. The van der Waals surface area contributed by atoms with Gasteiger partial charge in [0.25, 0.3) is 11.8 Å². The second-order valence-corrected chi connectivity index (χ2v) is 8.51. The minimum absolute atomic E-state index is 0.0103. The van der Waals surface area contributed by atoms with Crippen LogP contribution in [0.4, 0.5) is 0 Å². The van der Waals surface area contributed by atoms with Crippen LogP contribution in [-0.2, 0) is 9.59 Å². The van der Waals surface area contributed by atoms with E-state index in [-0.39, 0.29) is 17.2 Å². The van der Waals surface area contributed by atoms with Gasteiger partial charge in [-0.1, -0.05) is 23.8 Å². The van der Waals surface area contributed by atoms with Gasteiger partial charge in [-0.3, -0.25) is 24.8 Å². The van der Waals surface area contributed by atoms with Gasteiger partial charge in [0.2, 0.25) is 0 Å². The van der Waals surface area contributed by atoms with Crippen molar-refractivity contribution in [2.24, 2.45) is 4.99 Å². The van der Waals surface area contributed by atoms with Gasteiger partial charge >= 0.3 is 0 Å². The topological polar surface area (TPSA) is 61.8 Å². The molecule has 150 valence electrons. The molecule has 1 N–H and O–H groups in total. The van der Waals surface area contributed by atoms with Gasteiger partial charge in [-0.25, -0.2) is 0 Å². The number of carbonyl (C=O) groups excluding carboxylic acids is 2. The van der Waals surface area contributed by atoms with Crippen molar-refractivity contribution in [3.05, 3.63) is 65.4 Å². The molecule has 1 saturated heterocycles. The maximum atomic E-state index is 12.8. The number of rotatable bonds is 6. The first-order valence-electron chi connectivity index (χ1n) is 8.93. The van der Waals surface area contributed by atoms with Gasteiger partial charge in [-0.2, -0.15) is 0 Å². The third-order valence-electron chi connectivity index (χ3n) is 4.48. The highest BCUT2D eigenvalue weighted by atomic mass is 35.5. The number of benzene rings is 1. The van der Waals surface area contributed by atoms with Crippen LogP contribution in [-0.4, -0.2) is 45.2 Å². The van der Waals surface area contributed by atoms with Gasteiger partial charge in [-0.05, 0) is 49.8 Å². The lowest BCUT2D eigenvalue weighted by Gasteiger charge is -2.28. The largest absolute Gasteiger partial charge is 0.298 e. The minimum Gasteiger partial charge on any atom is -0.298 e. The second-order valence-electron chi connectivity index (χ2n) is 6.64. The first-order valence-corrected chi connectivity index (χ1v) is 10.8. The van der Waals surface area contributed by atoms with Gasteiger partial charge in [0.1, 0.15) is 5.57 Å². The molecule has 1 unspecified atom stereocenters. The summed E-state index contributed by atoms with van der Waals surface area (Å²) in [6, 6.07) is 8.20. The zero-order valence-electron chi connectivity index (χ0n) is 16.1. The smallest absolute Gasteiger partial charge is 0.265 e. The van der Waals surface area contributed by atoms with Crippen LogP contribution in [0.1, 0.15) is 12.5 Å². The summed E-state index contributed by atoms with van der Waals surface area (Å²) < 4.78 is 0. The van der Waals surface area contributed by atoms with Crippen molar-refractivity contribution < 1.29 is 9.59 Å². The number of amides is 2. The highest BCUT2D eigenvalue weighted by molar-refractivity contribution is 7.99. The first kappa shape index (κ1) is 21.5. The van der Waals surface area contributed by atoms with E-state index >= 15 is 0 Å². The monoisotopic (exact) mass is 445 g/mol. The Hall–Kier alpha value is -2.22. The fraction of sp³-hybridized carbons (Fsp3) is 0.238. The fourth-order valence-electron chi connectivity index (χ4n) is 2.91. The quantitative estimate of drug-likeness (QED) is 0.181. The molecule has 1 aromatic carbocycles. The summed E-state index contributed by atoms with van der Waals surface area (Å²) in [5.41, 5.74) is 3.33. The molecular weight excluding hydrogens is 426 g/mol. The molecule has 0 radical (unpaired) electrons. The summed E-state index contributed by atoms with van der Waals surface area (Å²) in [4.78, 5) is 32.2. The molecule has 2 aliphatic heterocycles. The number of aliphatic imine (C=N–C) groups is 1. The number of nitrogens with one attached hydrogen (secondary N) is 1. The normalized spacial score (nSPS) is 21.0. The Morgan fingerprint density at radius 3 is 2.66 bits per heavy atom. The van der Waals surface area contributed by atoms with E-state index < -0.39 is 17.2 Å². The Kier molecular flexibility index (Phi) is 6.72. The van der Waals surface area contributed by atoms with Crippen LogP contribution in [0.3, 0.4) is 0 Å². The number of hydrogen-bond donors (Lipinski definition) is 1. The van der Waals surface area contributed by atoms with E-state index in [1.54, 1.807) is 17.8 Å². The molecule has 0 saturated carbocycles. The minimum atomic E-state index is -0.535. The summed E-state index contributed by atoms with van der Waals surface area (Å²) in [6.45, 7) is 7.71. The molecule has 1 aromatic rings. The number of aryl methyl sites for hydroxylation is 1. The molecule has 2 aliphatic rings. The second kappa shape index (κ2) is 9.07. The molecule has 2 amide bonds. The van der Waals surface area contributed by atoms with Crippen LogP contribution in [0.5, 0.6) is 0 Å². The standard InChI is InChI=1S/C21H20ClN3O2S2/c1-4-9-25-20(27)16(19(26)24-21(25)28)10-15-17(23-13(3)18(15)22)11-29-14-7-5-12(2)6-8-14/h4-8,10,18H,1,9,11H2,2-3H3,(H,24,26,28)/b16-10+. The van der Waals surface area contributed by atoms with Gasteiger partial charge in [0.05, 0.1) is 11.1 Å². The number of carbonyl (C=O) groups is 2. The lowest BCUT2D eigenvalue weighted by atomic mass is 10.0. The third kappa shape index (κ3) is 4.69. The molecule has 29 heavy (non-hydrogen) atoms. The van der Waals surface area contributed by atoms with E-state index in [1.165, 1.54) is 16.5 Å². The van der Waals surface area contributed by atoms with Crippen molar-refractivity contribution in [2.45, 2.75) is 24.1 Å². The number of halogens is 1. The first-order chi connectivity index (χ1) is 13.8. The van der Waals surface area contributed by atoms with Crippen molar-refractivity contribution in [2.75, 3.05) is 12.3 Å². The van der Waals surface area contributed by atoms with Crippen molar-refractivity contribution in [1.29, 1.82) is 0 Å². The van der Waals surface area contributed by atoms with Crippen LogP contribution < -0.4 is 5.32 Å². The number of thiocarbonyl (C=S) groups is 1. The van der Waals surface area contributed by atoms with Crippen LogP contribution in [0, 0.1) is 6.92 Å². The van der Waals surface area contributed by atoms with E-state index in [2.05, 4.69) is 41.2 Å². The van der Waals surface area contributed by atoms with E-state index in [0.717, 1.165) is 16.3 Å². The Morgan fingerprint density at radius 2 is 2.00 bits per heavy atom. The van der Waals surface area contributed by atoms with Crippen LogP contribution in [0.25, 0.3) is 0 Å². The van der Waals surface area contributed by atoms with Gasteiger partial charge < -0.3 is 0 Å². The maximum absolute atomic E-state index is 12.8. The average Bonchev–Trinajstić information content (AvgIpc) is 2.95. The lowest BCUT2D eigenvalue weighted by Crippen LogP contribution is -2.54. The number of alkyl halides is 1. The van der Waals surface area contributed by atoms with Crippen molar-refractivity contribution in [3.63, 3.8) is 0 Å². The number of thioether (sulfide) groups is 1. The highest BCUT2D eigenvalue weighted by Gasteiger charge is 2.34. The Bertz CT molecular complexity index is 980. The van der Waals surface area contributed by atoms with E-state index in [9.17, 15) is 9.59 Å². The third-order valence-corrected chi connectivity index (χ3v) is 6.37. The van der Waals surface area contributed by atoms with E-state index in [1.807, 2.05) is 13.8 Å². The Balaban J connectivity index is 1.90. The molecule has 0 aliphatic carbocycles. The number of hydrogen-bond acceptors (Lipinski definition) is 5. The molecular formula is C21H20ClN3O2S2. The predicted molar refractivity (Wildman–Crippen MR) is 122 cm³/mol. The molecule has 8 heteroatoms. The maximum Gasteiger partial charge on any atom is 0.265 e. The summed E-state index contributed by atoms with van der Waals surface area (Å²) >= 11 is 13.2. The summed E-state index contributed by atoms with van der Waals surface area (Å²) in [6.07, 6.45) is 3.09.